The van der Waals surface area contributed by atoms with E-state index >= 15 is 0 Å². The fraction of sp³-hybridized carbons (Fsp3) is 0.667. The maximum absolute atomic E-state index is 11.9. The van der Waals surface area contributed by atoms with E-state index in [4.69, 9.17) is 5.73 Å². The van der Waals surface area contributed by atoms with Gasteiger partial charge in [-0.15, -0.1) is 36.2 Å². The first-order chi connectivity index (χ1) is 8.07. The van der Waals surface area contributed by atoms with Crippen LogP contribution in [0.3, 0.4) is 0 Å². The van der Waals surface area contributed by atoms with Crippen LogP contribution in [0, 0.1) is 6.92 Å². The summed E-state index contributed by atoms with van der Waals surface area (Å²) in [5.74, 6) is -0.0555. The topological polar surface area (TPSA) is 68.0 Å². The molecule has 1 aliphatic carbocycles. The van der Waals surface area contributed by atoms with Crippen molar-refractivity contribution in [1.82, 2.24) is 10.3 Å². The van der Waals surface area contributed by atoms with Crippen LogP contribution in [-0.4, -0.2) is 16.9 Å². The molecule has 2 rings (SSSR count). The Morgan fingerprint density at radius 3 is 2.58 bits per heavy atom. The summed E-state index contributed by atoms with van der Waals surface area (Å²) >= 11 is 1.63. The van der Waals surface area contributed by atoms with E-state index < -0.39 is 6.04 Å². The molecule has 1 heterocycles. The summed E-state index contributed by atoms with van der Waals surface area (Å²) in [5, 5.41) is 6.15. The van der Waals surface area contributed by atoms with E-state index in [1.807, 2.05) is 19.2 Å². The molecular weight excluding hydrogens is 305 g/mol. The Morgan fingerprint density at radius 2 is 2.21 bits per heavy atom. The Labute approximate surface area is 130 Å². The Balaban J connectivity index is 0.00000162. The van der Waals surface area contributed by atoms with Gasteiger partial charge in [-0.05, 0) is 32.6 Å². The highest BCUT2D eigenvalue weighted by Crippen LogP contribution is 2.42. The van der Waals surface area contributed by atoms with Crippen molar-refractivity contribution in [3.05, 3.63) is 16.1 Å². The van der Waals surface area contributed by atoms with Gasteiger partial charge < -0.3 is 11.1 Å². The number of carbonyl (C=O) groups excluding carboxylic acids is 1. The number of nitrogens with two attached hydrogens (primary N) is 1. The van der Waals surface area contributed by atoms with Crippen molar-refractivity contribution in [2.24, 2.45) is 5.73 Å². The molecule has 7 heteroatoms. The molecule has 1 aromatic heterocycles. The van der Waals surface area contributed by atoms with Gasteiger partial charge in [0.1, 0.15) is 5.01 Å². The molecule has 0 radical (unpaired) electrons. The second kappa shape index (κ2) is 7.43. The maximum Gasteiger partial charge on any atom is 0.237 e. The molecular formula is C12H21Cl2N3OS. The van der Waals surface area contributed by atoms with E-state index in [0.29, 0.717) is 6.42 Å². The third-order valence-electron chi connectivity index (χ3n) is 3.37. The van der Waals surface area contributed by atoms with Crippen molar-refractivity contribution in [2.75, 3.05) is 0 Å². The van der Waals surface area contributed by atoms with Crippen molar-refractivity contribution in [2.45, 2.75) is 51.1 Å². The molecule has 4 nitrogen and oxygen atoms in total. The minimum absolute atomic E-state index is 0. The molecule has 0 unspecified atom stereocenters. The molecule has 0 saturated heterocycles. The molecule has 0 aromatic carbocycles. The third kappa shape index (κ3) is 3.81. The Kier molecular flexibility index (Phi) is 7.29. The first-order valence-corrected chi connectivity index (χ1v) is 6.95. The highest BCUT2D eigenvalue weighted by atomic mass is 35.5. The van der Waals surface area contributed by atoms with Gasteiger partial charge in [0.25, 0.3) is 0 Å². The van der Waals surface area contributed by atoms with Gasteiger partial charge in [0.05, 0.1) is 11.6 Å². The lowest BCUT2D eigenvalue weighted by Crippen LogP contribution is -2.55. The summed E-state index contributed by atoms with van der Waals surface area (Å²) in [7, 11) is 0. The van der Waals surface area contributed by atoms with Gasteiger partial charge in [-0.1, -0.05) is 6.92 Å². The first kappa shape index (κ1) is 18.6. The second-order valence-electron chi connectivity index (χ2n) is 4.73. The summed E-state index contributed by atoms with van der Waals surface area (Å²) in [6.07, 6.45) is 3.75. The molecule has 1 atom stereocenters. The van der Waals surface area contributed by atoms with Gasteiger partial charge in [0, 0.05) is 11.1 Å². The number of aromatic nitrogens is 1. The molecule has 19 heavy (non-hydrogen) atoms. The number of hydrogen-bond acceptors (Lipinski definition) is 4. The summed E-state index contributed by atoms with van der Waals surface area (Å²) in [6, 6.07) is -0.409. The highest BCUT2D eigenvalue weighted by Gasteiger charge is 2.43. The third-order valence-corrected chi connectivity index (χ3v) is 4.54. The van der Waals surface area contributed by atoms with Crippen molar-refractivity contribution in [3.63, 3.8) is 0 Å². The molecule has 1 saturated carbocycles. The molecule has 1 fully saturated rings. The standard InChI is InChI=1S/C12H19N3OS.2ClH/c1-3-9(13)10(16)15-12(5-4-6-12)11-14-8(2)7-17-11;;/h7,9H,3-6,13H2,1-2H3,(H,15,16);2*1H/t9-;;/m0../s1. The van der Waals surface area contributed by atoms with E-state index in [1.54, 1.807) is 11.3 Å². The van der Waals surface area contributed by atoms with Crippen LogP contribution in [-0.2, 0) is 10.3 Å². The van der Waals surface area contributed by atoms with Gasteiger partial charge in [0.2, 0.25) is 5.91 Å². The molecule has 0 spiro atoms. The second-order valence-corrected chi connectivity index (χ2v) is 5.59. The van der Waals surface area contributed by atoms with Crippen LogP contribution in [0.5, 0.6) is 0 Å². The quantitative estimate of drug-likeness (QED) is 0.893. The predicted octanol–water partition coefficient (Wildman–Crippen LogP) is 2.53. The van der Waals surface area contributed by atoms with Gasteiger partial charge in [-0.25, -0.2) is 4.98 Å². The first-order valence-electron chi connectivity index (χ1n) is 6.07. The number of nitrogens with one attached hydrogen (secondary N) is 1. The predicted molar refractivity (Wildman–Crippen MR) is 83.3 cm³/mol. The van der Waals surface area contributed by atoms with Crippen LogP contribution in [0.1, 0.15) is 43.3 Å². The van der Waals surface area contributed by atoms with Gasteiger partial charge in [0.15, 0.2) is 0 Å². The molecule has 0 aliphatic heterocycles. The zero-order chi connectivity index (χ0) is 12.5. The van der Waals surface area contributed by atoms with E-state index in [0.717, 1.165) is 30.0 Å². The Hall–Kier alpha value is -0.360. The number of amides is 1. The molecule has 1 aromatic rings. The van der Waals surface area contributed by atoms with Crippen LogP contribution in [0.25, 0.3) is 0 Å². The van der Waals surface area contributed by atoms with Crippen molar-refractivity contribution in [3.8, 4) is 0 Å². The molecule has 110 valence electrons. The number of hydrogen-bond donors (Lipinski definition) is 2. The number of nitrogens with zero attached hydrogens (tertiary/aromatic N) is 1. The van der Waals surface area contributed by atoms with E-state index in [2.05, 4.69) is 10.3 Å². The number of thiazole rings is 1. The number of carbonyl (C=O) groups is 1. The summed E-state index contributed by atoms with van der Waals surface area (Å²) in [5.41, 5.74) is 6.54. The Bertz CT molecular complexity index is 421. The van der Waals surface area contributed by atoms with E-state index in [9.17, 15) is 4.79 Å². The Morgan fingerprint density at radius 1 is 1.58 bits per heavy atom. The van der Waals surface area contributed by atoms with E-state index in [-0.39, 0.29) is 36.3 Å². The maximum atomic E-state index is 11.9. The van der Waals surface area contributed by atoms with Gasteiger partial charge >= 0.3 is 0 Å². The minimum Gasteiger partial charge on any atom is -0.343 e. The molecule has 1 amide bonds. The fourth-order valence-corrected chi connectivity index (χ4v) is 3.02. The summed E-state index contributed by atoms with van der Waals surface area (Å²) in [6.45, 7) is 3.90. The molecule has 0 bridgehead atoms. The summed E-state index contributed by atoms with van der Waals surface area (Å²) < 4.78 is 0. The summed E-state index contributed by atoms with van der Waals surface area (Å²) in [4.78, 5) is 16.4. The normalized spacial score (nSPS) is 17.4. The fourth-order valence-electron chi connectivity index (χ4n) is 2.01. The SMILES string of the molecule is CC[C@H](N)C(=O)NC1(c2nc(C)cs2)CCC1.Cl.Cl. The smallest absolute Gasteiger partial charge is 0.237 e. The lowest BCUT2D eigenvalue weighted by Gasteiger charge is -2.41. The number of halogens is 2. The van der Waals surface area contributed by atoms with E-state index in [1.165, 1.54) is 0 Å². The minimum atomic E-state index is -0.409. The van der Waals surface area contributed by atoms with Crippen LogP contribution in [0.15, 0.2) is 5.38 Å². The largest absolute Gasteiger partial charge is 0.343 e. The zero-order valence-electron chi connectivity index (χ0n) is 11.1. The lowest BCUT2D eigenvalue weighted by atomic mass is 9.77. The van der Waals surface area contributed by atoms with Crippen LogP contribution >= 0.6 is 36.2 Å². The van der Waals surface area contributed by atoms with Crippen LogP contribution < -0.4 is 11.1 Å². The average Bonchev–Trinajstić information content (AvgIpc) is 2.69. The average molecular weight is 326 g/mol. The van der Waals surface area contributed by atoms with Crippen molar-refractivity contribution in [1.29, 1.82) is 0 Å². The van der Waals surface area contributed by atoms with Crippen LogP contribution in [0.2, 0.25) is 0 Å². The highest BCUT2D eigenvalue weighted by molar-refractivity contribution is 7.09. The van der Waals surface area contributed by atoms with Crippen molar-refractivity contribution >= 4 is 42.1 Å². The van der Waals surface area contributed by atoms with Crippen LogP contribution in [0.4, 0.5) is 0 Å². The number of rotatable bonds is 4. The monoisotopic (exact) mass is 325 g/mol. The number of aryl methyl sites for hydroxylation is 1. The lowest BCUT2D eigenvalue weighted by molar-refractivity contribution is -0.125. The molecule has 1 aliphatic rings. The van der Waals surface area contributed by atoms with Gasteiger partial charge in [-0.3, -0.25) is 4.79 Å². The van der Waals surface area contributed by atoms with Gasteiger partial charge in [-0.2, -0.15) is 0 Å². The zero-order valence-corrected chi connectivity index (χ0v) is 13.6. The molecule has 3 N–H and O–H groups in total. The van der Waals surface area contributed by atoms with Crippen molar-refractivity contribution < 1.29 is 4.79 Å².